The quantitative estimate of drug-likeness (QED) is 0.458. The van der Waals surface area contributed by atoms with Crippen LogP contribution in [0.4, 0.5) is 11.4 Å². The Balaban J connectivity index is 1.77. The molecule has 1 heterocycles. The van der Waals surface area contributed by atoms with E-state index in [2.05, 4.69) is 98.3 Å². The summed E-state index contributed by atoms with van der Waals surface area (Å²) in [6, 6.07) is 23.9. The van der Waals surface area contributed by atoms with Gasteiger partial charge in [-0.3, -0.25) is 0 Å². The molecule has 3 aromatic carbocycles. The Morgan fingerprint density at radius 1 is 0.885 bits per heavy atom. The summed E-state index contributed by atoms with van der Waals surface area (Å²) in [5, 5.41) is 0. The molecule has 1 aliphatic rings. The van der Waals surface area contributed by atoms with Crippen molar-refractivity contribution in [2.24, 2.45) is 0 Å². The van der Waals surface area contributed by atoms with Gasteiger partial charge in [0.2, 0.25) is 0 Å². The summed E-state index contributed by atoms with van der Waals surface area (Å²) >= 11 is 1.84. The summed E-state index contributed by atoms with van der Waals surface area (Å²) in [5.74, 6) is 0. The predicted octanol–water partition coefficient (Wildman–Crippen LogP) is 7.18. The van der Waals surface area contributed by atoms with Crippen LogP contribution in [0.3, 0.4) is 0 Å². The Bertz CT molecular complexity index is 1000. The largest absolute Gasteiger partial charge is 0.343 e. The molecule has 0 aliphatic carbocycles. The van der Waals surface area contributed by atoms with Gasteiger partial charge in [-0.05, 0) is 53.5 Å². The van der Waals surface area contributed by atoms with Crippen molar-refractivity contribution in [3.05, 3.63) is 91.0 Å². The summed E-state index contributed by atoms with van der Waals surface area (Å²) in [6.45, 7) is 5.98. The molecular weight excluding hydrogens is 334 g/mol. The number of fused-ring (bicyclic) bond motifs is 2. The van der Waals surface area contributed by atoms with Crippen molar-refractivity contribution >= 4 is 28.7 Å². The first-order valence-electron chi connectivity index (χ1n) is 8.75. The molecule has 0 saturated carbocycles. The minimum absolute atomic E-state index is 1.17. The van der Waals surface area contributed by atoms with Crippen LogP contribution in [-0.4, -0.2) is 7.05 Å². The van der Waals surface area contributed by atoms with Gasteiger partial charge >= 0.3 is 0 Å². The zero-order chi connectivity index (χ0) is 18.1. The van der Waals surface area contributed by atoms with Crippen LogP contribution >= 0.6 is 11.8 Å². The predicted molar refractivity (Wildman–Crippen MR) is 114 cm³/mol. The standard InChI is InChI=1S/C24H21NS/c1-4-17(5-2)19-11-13-21-23(15-19)26-24-16-20(12-14-22(24)25(21)3)18-9-7-6-8-10-18/h4-16H,1H2,2-3H3. The molecule has 0 bridgehead atoms. The number of hydrogen-bond donors (Lipinski definition) is 0. The fraction of sp³-hybridized carbons (Fsp3) is 0.0833. The van der Waals surface area contributed by atoms with E-state index in [1.807, 2.05) is 17.8 Å². The molecule has 4 rings (SSSR count). The second-order valence-corrected chi connectivity index (χ2v) is 7.42. The van der Waals surface area contributed by atoms with Gasteiger partial charge in [-0.25, -0.2) is 0 Å². The minimum atomic E-state index is 1.17. The Morgan fingerprint density at radius 3 is 2.27 bits per heavy atom. The summed E-state index contributed by atoms with van der Waals surface area (Å²) in [7, 11) is 2.14. The van der Waals surface area contributed by atoms with Crippen LogP contribution in [-0.2, 0) is 0 Å². The molecule has 0 aromatic heterocycles. The number of hydrogen-bond acceptors (Lipinski definition) is 2. The molecule has 0 unspecified atom stereocenters. The van der Waals surface area contributed by atoms with Gasteiger partial charge in [-0.15, -0.1) is 0 Å². The van der Waals surface area contributed by atoms with Crippen LogP contribution in [0.15, 0.2) is 95.3 Å². The summed E-state index contributed by atoms with van der Waals surface area (Å²) in [5.41, 5.74) is 7.39. The molecule has 2 heteroatoms. The van der Waals surface area contributed by atoms with E-state index in [1.165, 1.54) is 43.4 Å². The van der Waals surface area contributed by atoms with Crippen LogP contribution in [0.2, 0.25) is 0 Å². The smallest absolute Gasteiger partial charge is 0.0550 e. The Kier molecular flexibility index (Phi) is 4.44. The molecule has 26 heavy (non-hydrogen) atoms. The van der Waals surface area contributed by atoms with Crippen molar-refractivity contribution in [2.45, 2.75) is 16.7 Å². The highest BCUT2D eigenvalue weighted by Gasteiger charge is 2.21. The lowest BCUT2D eigenvalue weighted by molar-refractivity contribution is 1.11. The molecule has 0 amide bonds. The molecule has 128 valence electrons. The number of benzene rings is 3. The lowest BCUT2D eigenvalue weighted by atomic mass is 10.0. The summed E-state index contributed by atoms with van der Waals surface area (Å²) < 4.78 is 0. The minimum Gasteiger partial charge on any atom is -0.343 e. The molecule has 1 aliphatic heterocycles. The molecular formula is C24H21NS. The van der Waals surface area contributed by atoms with Crippen molar-refractivity contribution in [3.8, 4) is 11.1 Å². The zero-order valence-electron chi connectivity index (χ0n) is 15.1. The van der Waals surface area contributed by atoms with Crippen molar-refractivity contribution in [3.63, 3.8) is 0 Å². The van der Waals surface area contributed by atoms with Crippen LogP contribution in [0.1, 0.15) is 12.5 Å². The topological polar surface area (TPSA) is 3.24 Å². The average Bonchev–Trinajstić information content (AvgIpc) is 2.69. The SMILES string of the molecule is C=CC(=CC)c1ccc2c(c1)Sc1cc(-c3ccccc3)ccc1N2C. The number of rotatable bonds is 3. The highest BCUT2D eigenvalue weighted by molar-refractivity contribution is 7.99. The maximum absolute atomic E-state index is 3.93. The first kappa shape index (κ1) is 16.7. The maximum atomic E-state index is 3.93. The van der Waals surface area contributed by atoms with Gasteiger partial charge in [0.1, 0.15) is 0 Å². The van der Waals surface area contributed by atoms with Crippen LogP contribution in [0.5, 0.6) is 0 Å². The molecule has 0 spiro atoms. The Hall–Kier alpha value is -2.71. The third kappa shape index (κ3) is 2.87. The summed E-state index contributed by atoms with van der Waals surface area (Å²) in [4.78, 5) is 4.85. The fourth-order valence-corrected chi connectivity index (χ4v) is 4.61. The van der Waals surface area contributed by atoms with E-state index >= 15 is 0 Å². The van der Waals surface area contributed by atoms with E-state index in [0.717, 1.165) is 0 Å². The first-order chi connectivity index (χ1) is 12.7. The van der Waals surface area contributed by atoms with Gasteiger partial charge in [0, 0.05) is 16.8 Å². The second-order valence-electron chi connectivity index (χ2n) is 6.34. The van der Waals surface area contributed by atoms with Crippen LogP contribution < -0.4 is 4.90 Å². The fourth-order valence-electron chi connectivity index (χ4n) is 3.39. The van der Waals surface area contributed by atoms with E-state index in [1.54, 1.807) is 0 Å². The van der Waals surface area contributed by atoms with E-state index < -0.39 is 0 Å². The average molecular weight is 356 g/mol. The van der Waals surface area contributed by atoms with Gasteiger partial charge in [-0.1, -0.05) is 73.0 Å². The first-order valence-corrected chi connectivity index (χ1v) is 9.57. The molecule has 0 atom stereocenters. The summed E-state index contributed by atoms with van der Waals surface area (Å²) in [6.07, 6.45) is 4.02. The molecule has 0 fully saturated rings. The van der Waals surface area contributed by atoms with E-state index in [0.29, 0.717) is 0 Å². The Labute approximate surface area is 159 Å². The van der Waals surface area contributed by atoms with Crippen molar-refractivity contribution in [1.82, 2.24) is 0 Å². The highest BCUT2D eigenvalue weighted by atomic mass is 32.2. The number of nitrogens with zero attached hydrogens (tertiary/aromatic N) is 1. The lowest BCUT2D eigenvalue weighted by Gasteiger charge is -2.30. The monoisotopic (exact) mass is 355 g/mol. The third-order valence-electron chi connectivity index (χ3n) is 4.83. The highest BCUT2D eigenvalue weighted by Crippen LogP contribution is 2.49. The number of allylic oxidation sites excluding steroid dienone is 3. The van der Waals surface area contributed by atoms with Crippen molar-refractivity contribution < 1.29 is 0 Å². The molecule has 0 radical (unpaired) electrons. The van der Waals surface area contributed by atoms with E-state index in [9.17, 15) is 0 Å². The van der Waals surface area contributed by atoms with Crippen molar-refractivity contribution in [2.75, 3.05) is 11.9 Å². The van der Waals surface area contributed by atoms with E-state index in [4.69, 9.17) is 0 Å². The van der Waals surface area contributed by atoms with Gasteiger partial charge in [0.05, 0.1) is 11.4 Å². The lowest BCUT2D eigenvalue weighted by Crippen LogP contribution is -2.14. The normalized spacial score (nSPS) is 13.2. The van der Waals surface area contributed by atoms with Gasteiger partial charge in [0.25, 0.3) is 0 Å². The van der Waals surface area contributed by atoms with Gasteiger partial charge < -0.3 is 4.90 Å². The third-order valence-corrected chi connectivity index (χ3v) is 5.93. The van der Waals surface area contributed by atoms with Crippen molar-refractivity contribution in [1.29, 1.82) is 0 Å². The molecule has 1 nitrogen and oxygen atoms in total. The second kappa shape index (κ2) is 6.89. The Morgan fingerprint density at radius 2 is 1.58 bits per heavy atom. The van der Waals surface area contributed by atoms with E-state index in [-0.39, 0.29) is 0 Å². The number of anilines is 2. The van der Waals surface area contributed by atoms with Crippen LogP contribution in [0.25, 0.3) is 16.7 Å². The van der Waals surface area contributed by atoms with Gasteiger partial charge in [-0.2, -0.15) is 0 Å². The maximum Gasteiger partial charge on any atom is 0.0550 e. The molecule has 0 N–H and O–H groups in total. The van der Waals surface area contributed by atoms with Gasteiger partial charge in [0.15, 0.2) is 0 Å². The van der Waals surface area contributed by atoms with Crippen LogP contribution in [0, 0.1) is 0 Å². The zero-order valence-corrected chi connectivity index (χ0v) is 15.9. The molecule has 0 saturated heterocycles. The molecule has 3 aromatic rings.